The second-order valence-corrected chi connectivity index (χ2v) is 7.13. The molecule has 1 saturated heterocycles. The lowest BCUT2D eigenvalue weighted by atomic mass is 9.91. The zero-order valence-corrected chi connectivity index (χ0v) is 14.3. The van der Waals surface area contributed by atoms with Crippen LogP contribution in [0.4, 0.5) is 4.79 Å². The minimum atomic E-state index is -1.08. The number of ether oxygens (including phenoxy) is 1. The molecule has 3 N–H and O–H groups in total. The van der Waals surface area contributed by atoms with Crippen LogP contribution in [0.5, 0.6) is 5.75 Å². The number of urea groups is 1. The van der Waals surface area contributed by atoms with Gasteiger partial charge in [-0.2, -0.15) is 0 Å². The third-order valence-electron chi connectivity index (χ3n) is 3.64. The van der Waals surface area contributed by atoms with Crippen LogP contribution in [0, 0.1) is 0 Å². The quantitative estimate of drug-likeness (QED) is 0.813. The number of nitrogens with zero attached hydrogens (tertiary/aromatic N) is 1. The molecule has 23 heavy (non-hydrogen) atoms. The van der Waals surface area contributed by atoms with Gasteiger partial charge in [-0.25, -0.2) is 4.79 Å². The van der Waals surface area contributed by atoms with Crippen molar-refractivity contribution in [2.24, 2.45) is 5.73 Å². The third kappa shape index (κ3) is 3.64. The van der Waals surface area contributed by atoms with Gasteiger partial charge in [0.25, 0.3) is 5.91 Å². The monoisotopic (exact) mass is 319 g/mol. The highest BCUT2D eigenvalue weighted by molar-refractivity contribution is 6.07. The highest BCUT2D eigenvalue weighted by Crippen LogP contribution is 2.30. The molecular formula is C17H25N3O3. The minimum Gasteiger partial charge on any atom is -0.491 e. The topological polar surface area (TPSA) is 84.7 Å². The van der Waals surface area contributed by atoms with Crippen LogP contribution >= 0.6 is 0 Å². The molecule has 1 fully saturated rings. The average Bonchev–Trinajstić information content (AvgIpc) is 2.62. The fourth-order valence-corrected chi connectivity index (χ4v) is 2.58. The molecular weight excluding hydrogens is 294 g/mol. The van der Waals surface area contributed by atoms with Crippen LogP contribution < -0.4 is 15.8 Å². The van der Waals surface area contributed by atoms with E-state index in [-0.39, 0.29) is 18.6 Å². The molecule has 0 aliphatic carbocycles. The Balaban J connectivity index is 2.25. The Kier molecular flexibility index (Phi) is 4.39. The number of hydrogen-bond acceptors (Lipinski definition) is 4. The summed E-state index contributed by atoms with van der Waals surface area (Å²) < 4.78 is 5.60. The fraction of sp³-hybridized carbons (Fsp3) is 0.529. The first-order valence-corrected chi connectivity index (χ1v) is 7.73. The molecule has 3 amide bonds. The summed E-state index contributed by atoms with van der Waals surface area (Å²) in [5, 5.41) is 2.77. The summed E-state index contributed by atoms with van der Waals surface area (Å²) in [7, 11) is 0. The van der Waals surface area contributed by atoms with Crippen LogP contribution in [0.15, 0.2) is 24.3 Å². The highest BCUT2D eigenvalue weighted by Gasteiger charge is 2.49. The van der Waals surface area contributed by atoms with Crippen molar-refractivity contribution in [3.05, 3.63) is 29.8 Å². The Morgan fingerprint density at radius 1 is 1.26 bits per heavy atom. The van der Waals surface area contributed by atoms with Gasteiger partial charge in [0.2, 0.25) is 0 Å². The Labute approximate surface area is 137 Å². The Bertz CT molecular complexity index is 605. The van der Waals surface area contributed by atoms with Crippen LogP contribution in [-0.4, -0.2) is 35.0 Å². The Hall–Kier alpha value is -2.08. The highest BCUT2D eigenvalue weighted by atomic mass is 16.5. The van der Waals surface area contributed by atoms with E-state index in [1.807, 2.05) is 13.8 Å². The number of hydrogen-bond donors (Lipinski definition) is 2. The minimum absolute atomic E-state index is 0.0755. The number of carbonyl (C=O) groups excluding carboxylic acids is 2. The maximum atomic E-state index is 12.7. The zero-order valence-electron chi connectivity index (χ0n) is 14.3. The maximum absolute atomic E-state index is 12.7. The summed E-state index contributed by atoms with van der Waals surface area (Å²) in [6, 6.07) is 6.78. The van der Waals surface area contributed by atoms with Gasteiger partial charge in [0, 0.05) is 12.1 Å². The largest absolute Gasteiger partial charge is 0.491 e. The predicted octanol–water partition coefficient (Wildman–Crippen LogP) is 1.98. The molecule has 0 saturated carbocycles. The van der Waals surface area contributed by atoms with Crippen molar-refractivity contribution in [1.82, 2.24) is 10.2 Å². The van der Waals surface area contributed by atoms with Gasteiger partial charge < -0.3 is 15.8 Å². The van der Waals surface area contributed by atoms with Gasteiger partial charge in [0.1, 0.15) is 11.3 Å². The maximum Gasteiger partial charge on any atom is 0.325 e. The van der Waals surface area contributed by atoms with Crippen LogP contribution in [0.2, 0.25) is 0 Å². The second kappa shape index (κ2) is 5.85. The Morgan fingerprint density at radius 3 is 2.30 bits per heavy atom. The van der Waals surface area contributed by atoms with E-state index in [1.165, 1.54) is 4.90 Å². The number of benzene rings is 1. The van der Waals surface area contributed by atoms with Crippen LogP contribution in [0.1, 0.15) is 40.2 Å². The summed E-state index contributed by atoms with van der Waals surface area (Å²) in [6.07, 6.45) is 0.0755. The van der Waals surface area contributed by atoms with Crippen molar-refractivity contribution in [2.75, 3.05) is 6.54 Å². The van der Waals surface area contributed by atoms with E-state index in [4.69, 9.17) is 10.5 Å². The molecule has 1 unspecified atom stereocenters. The van der Waals surface area contributed by atoms with E-state index >= 15 is 0 Å². The normalized spacial score (nSPS) is 21.8. The molecule has 1 aliphatic rings. The molecule has 0 aromatic heterocycles. The van der Waals surface area contributed by atoms with E-state index in [0.29, 0.717) is 5.56 Å². The predicted molar refractivity (Wildman–Crippen MR) is 88.1 cm³/mol. The third-order valence-corrected chi connectivity index (χ3v) is 3.64. The van der Waals surface area contributed by atoms with Crippen LogP contribution in [0.25, 0.3) is 0 Å². The molecule has 1 atom stereocenters. The fourth-order valence-electron chi connectivity index (χ4n) is 2.58. The lowest BCUT2D eigenvalue weighted by Gasteiger charge is -2.26. The molecule has 1 aromatic carbocycles. The number of carbonyl (C=O) groups is 2. The summed E-state index contributed by atoms with van der Waals surface area (Å²) >= 11 is 0. The molecule has 0 radical (unpaired) electrons. The van der Waals surface area contributed by atoms with Gasteiger partial charge >= 0.3 is 6.03 Å². The number of amides is 3. The van der Waals surface area contributed by atoms with Crippen LogP contribution in [0.3, 0.4) is 0 Å². The summed E-state index contributed by atoms with van der Waals surface area (Å²) in [5.41, 5.74) is 4.92. The molecule has 0 spiro atoms. The molecule has 2 rings (SSSR count). The summed E-state index contributed by atoms with van der Waals surface area (Å²) in [5.74, 6) is 0.433. The van der Waals surface area contributed by atoms with Gasteiger partial charge in [-0.05, 0) is 52.3 Å². The molecule has 0 bridgehead atoms. The van der Waals surface area contributed by atoms with Crippen molar-refractivity contribution < 1.29 is 14.3 Å². The Morgan fingerprint density at radius 2 is 1.83 bits per heavy atom. The number of imide groups is 1. The van der Waals surface area contributed by atoms with Gasteiger partial charge in [-0.3, -0.25) is 9.69 Å². The van der Waals surface area contributed by atoms with Crippen molar-refractivity contribution in [2.45, 2.75) is 51.8 Å². The smallest absolute Gasteiger partial charge is 0.325 e. The lowest BCUT2D eigenvalue weighted by Crippen LogP contribution is -2.48. The molecule has 126 valence electrons. The molecule has 1 aromatic rings. The summed E-state index contributed by atoms with van der Waals surface area (Å²) in [4.78, 5) is 26.1. The van der Waals surface area contributed by atoms with E-state index in [1.54, 1.807) is 45.0 Å². The van der Waals surface area contributed by atoms with Crippen molar-refractivity contribution in [1.29, 1.82) is 0 Å². The SMILES string of the molecule is CC(C)Oc1ccc(C2(C)NC(=O)N(CC(C)(C)N)C2=O)cc1. The van der Waals surface area contributed by atoms with Gasteiger partial charge in [0.15, 0.2) is 0 Å². The van der Waals surface area contributed by atoms with Gasteiger partial charge in [-0.1, -0.05) is 12.1 Å². The standard InChI is InChI=1S/C17H25N3O3/c1-11(2)23-13-8-6-12(7-9-13)17(5)14(21)20(15(22)19-17)10-16(3,4)18/h6-9,11H,10,18H2,1-5H3,(H,19,22). The first-order chi connectivity index (χ1) is 10.5. The molecule has 1 aliphatic heterocycles. The number of rotatable bonds is 5. The van der Waals surface area contributed by atoms with Crippen LogP contribution in [-0.2, 0) is 10.3 Å². The van der Waals surface area contributed by atoms with Crippen molar-refractivity contribution >= 4 is 11.9 Å². The molecule has 6 heteroatoms. The summed E-state index contributed by atoms with van der Waals surface area (Å²) in [6.45, 7) is 9.32. The average molecular weight is 319 g/mol. The van der Waals surface area contributed by atoms with E-state index in [9.17, 15) is 9.59 Å². The van der Waals surface area contributed by atoms with Crippen molar-refractivity contribution in [3.63, 3.8) is 0 Å². The molecule has 1 heterocycles. The number of nitrogens with one attached hydrogen (secondary N) is 1. The van der Waals surface area contributed by atoms with E-state index in [2.05, 4.69) is 5.32 Å². The first-order valence-electron chi connectivity index (χ1n) is 7.73. The van der Waals surface area contributed by atoms with E-state index in [0.717, 1.165) is 5.75 Å². The first kappa shape index (κ1) is 17.3. The number of nitrogens with two attached hydrogens (primary N) is 1. The second-order valence-electron chi connectivity index (χ2n) is 7.13. The lowest BCUT2D eigenvalue weighted by molar-refractivity contribution is -0.131. The van der Waals surface area contributed by atoms with Gasteiger partial charge in [-0.15, -0.1) is 0 Å². The van der Waals surface area contributed by atoms with E-state index < -0.39 is 17.1 Å². The van der Waals surface area contributed by atoms with Crippen molar-refractivity contribution in [3.8, 4) is 5.75 Å². The zero-order chi connectivity index (χ0) is 17.4. The van der Waals surface area contributed by atoms with Gasteiger partial charge in [0.05, 0.1) is 6.10 Å². The molecule has 6 nitrogen and oxygen atoms in total.